The molecule has 108 valence electrons. The number of nitrogens with zero attached hydrogens (tertiary/aromatic N) is 1. The molecule has 1 aromatic heterocycles. The SMILES string of the molecule is CCCNC(CCOCCOC)c1ccc(C)nc1. The minimum absolute atomic E-state index is 0.315. The molecule has 4 nitrogen and oxygen atoms in total. The molecule has 0 fully saturated rings. The summed E-state index contributed by atoms with van der Waals surface area (Å²) in [5.74, 6) is 0. The molecule has 0 radical (unpaired) electrons. The highest BCUT2D eigenvalue weighted by molar-refractivity contribution is 5.17. The average Bonchev–Trinajstić information content (AvgIpc) is 2.43. The molecule has 0 aliphatic heterocycles. The second-order valence-electron chi connectivity index (χ2n) is 4.63. The predicted molar refractivity (Wildman–Crippen MR) is 77.3 cm³/mol. The molecule has 1 rings (SSSR count). The second kappa shape index (κ2) is 9.89. The van der Waals surface area contributed by atoms with E-state index in [1.165, 1.54) is 5.56 Å². The van der Waals surface area contributed by atoms with Crippen molar-refractivity contribution in [3.05, 3.63) is 29.6 Å². The smallest absolute Gasteiger partial charge is 0.0700 e. The van der Waals surface area contributed by atoms with Crippen molar-refractivity contribution in [3.8, 4) is 0 Å². The third-order valence-electron chi connectivity index (χ3n) is 2.96. The van der Waals surface area contributed by atoms with Crippen molar-refractivity contribution in [2.45, 2.75) is 32.7 Å². The van der Waals surface area contributed by atoms with Crippen LogP contribution in [0.1, 0.15) is 37.1 Å². The van der Waals surface area contributed by atoms with E-state index in [1.54, 1.807) is 7.11 Å². The molecule has 0 saturated carbocycles. The minimum Gasteiger partial charge on any atom is -0.382 e. The highest BCUT2D eigenvalue weighted by Crippen LogP contribution is 2.16. The van der Waals surface area contributed by atoms with Crippen LogP contribution < -0.4 is 5.32 Å². The summed E-state index contributed by atoms with van der Waals surface area (Å²) in [6.07, 6.45) is 4.03. The van der Waals surface area contributed by atoms with Crippen LogP contribution in [-0.4, -0.2) is 38.5 Å². The Labute approximate surface area is 116 Å². The van der Waals surface area contributed by atoms with Gasteiger partial charge in [0, 0.05) is 31.6 Å². The van der Waals surface area contributed by atoms with Crippen LogP contribution in [0, 0.1) is 6.92 Å². The maximum atomic E-state index is 5.54. The molecule has 1 atom stereocenters. The van der Waals surface area contributed by atoms with Crippen molar-refractivity contribution in [1.82, 2.24) is 10.3 Å². The zero-order valence-corrected chi connectivity index (χ0v) is 12.3. The molecule has 0 bridgehead atoms. The summed E-state index contributed by atoms with van der Waals surface area (Å²) in [6.45, 7) is 7.23. The highest BCUT2D eigenvalue weighted by atomic mass is 16.5. The first-order valence-electron chi connectivity index (χ1n) is 7.00. The van der Waals surface area contributed by atoms with E-state index in [-0.39, 0.29) is 0 Å². The number of hydrogen-bond acceptors (Lipinski definition) is 4. The fourth-order valence-corrected chi connectivity index (χ4v) is 1.84. The van der Waals surface area contributed by atoms with Crippen molar-refractivity contribution in [3.63, 3.8) is 0 Å². The Bertz CT molecular complexity index is 327. The van der Waals surface area contributed by atoms with Gasteiger partial charge in [0.15, 0.2) is 0 Å². The predicted octanol–water partition coefficient (Wildman–Crippen LogP) is 2.48. The van der Waals surface area contributed by atoms with Gasteiger partial charge in [-0.2, -0.15) is 0 Å². The lowest BCUT2D eigenvalue weighted by atomic mass is 10.1. The van der Waals surface area contributed by atoms with Crippen LogP contribution in [-0.2, 0) is 9.47 Å². The molecule has 0 spiro atoms. The van der Waals surface area contributed by atoms with Crippen LogP contribution in [0.4, 0.5) is 0 Å². The van der Waals surface area contributed by atoms with E-state index < -0.39 is 0 Å². The van der Waals surface area contributed by atoms with Crippen molar-refractivity contribution in [2.75, 3.05) is 33.5 Å². The number of methoxy groups -OCH3 is 1. The molecule has 4 heteroatoms. The van der Waals surface area contributed by atoms with Crippen LogP contribution in [0.3, 0.4) is 0 Å². The maximum absolute atomic E-state index is 5.54. The normalized spacial score (nSPS) is 12.6. The maximum Gasteiger partial charge on any atom is 0.0700 e. The van der Waals surface area contributed by atoms with E-state index in [1.807, 2.05) is 13.1 Å². The van der Waals surface area contributed by atoms with E-state index in [9.17, 15) is 0 Å². The lowest BCUT2D eigenvalue weighted by Crippen LogP contribution is -2.24. The fourth-order valence-electron chi connectivity index (χ4n) is 1.84. The Kier molecular flexibility index (Phi) is 8.38. The summed E-state index contributed by atoms with van der Waals surface area (Å²) < 4.78 is 10.5. The average molecular weight is 266 g/mol. The molecular weight excluding hydrogens is 240 g/mol. The van der Waals surface area contributed by atoms with Gasteiger partial charge in [-0.05, 0) is 37.9 Å². The summed E-state index contributed by atoms with van der Waals surface area (Å²) in [5, 5.41) is 3.54. The molecule has 0 amide bonds. The highest BCUT2D eigenvalue weighted by Gasteiger charge is 2.10. The number of pyridine rings is 1. The van der Waals surface area contributed by atoms with Crippen molar-refractivity contribution in [1.29, 1.82) is 0 Å². The Morgan fingerprint density at radius 3 is 2.74 bits per heavy atom. The number of aromatic nitrogens is 1. The van der Waals surface area contributed by atoms with Crippen LogP contribution in [0.5, 0.6) is 0 Å². The number of ether oxygens (including phenoxy) is 2. The first-order chi connectivity index (χ1) is 9.27. The third kappa shape index (κ3) is 6.66. The van der Waals surface area contributed by atoms with E-state index >= 15 is 0 Å². The van der Waals surface area contributed by atoms with Gasteiger partial charge in [0.05, 0.1) is 13.2 Å². The Hall–Kier alpha value is -0.970. The van der Waals surface area contributed by atoms with Gasteiger partial charge in [0.2, 0.25) is 0 Å². The van der Waals surface area contributed by atoms with Gasteiger partial charge in [-0.1, -0.05) is 13.0 Å². The summed E-state index contributed by atoms with van der Waals surface area (Å²) in [5.41, 5.74) is 2.28. The largest absolute Gasteiger partial charge is 0.382 e. The number of rotatable bonds is 10. The van der Waals surface area contributed by atoms with Gasteiger partial charge in [0.25, 0.3) is 0 Å². The molecule has 0 aliphatic rings. The van der Waals surface area contributed by atoms with Gasteiger partial charge in [-0.25, -0.2) is 0 Å². The first-order valence-corrected chi connectivity index (χ1v) is 7.00. The Morgan fingerprint density at radius 1 is 1.26 bits per heavy atom. The minimum atomic E-state index is 0.315. The Balaban J connectivity index is 2.44. The Morgan fingerprint density at radius 2 is 2.11 bits per heavy atom. The zero-order chi connectivity index (χ0) is 13.9. The van der Waals surface area contributed by atoms with Crippen LogP contribution in [0.2, 0.25) is 0 Å². The first kappa shape index (κ1) is 16.1. The van der Waals surface area contributed by atoms with Crippen LogP contribution in [0.15, 0.2) is 18.3 Å². The molecular formula is C15H26N2O2. The van der Waals surface area contributed by atoms with E-state index in [0.29, 0.717) is 19.3 Å². The lowest BCUT2D eigenvalue weighted by Gasteiger charge is -2.19. The van der Waals surface area contributed by atoms with Gasteiger partial charge < -0.3 is 14.8 Å². The van der Waals surface area contributed by atoms with E-state index in [0.717, 1.165) is 31.7 Å². The molecule has 19 heavy (non-hydrogen) atoms. The molecule has 1 heterocycles. The number of aryl methyl sites for hydroxylation is 1. The van der Waals surface area contributed by atoms with E-state index in [2.05, 4.69) is 29.4 Å². The van der Waals surface area contributed by atoms with Gasteiger partial charge in [0.1, 0.15) is 0 Å². The molecule has 1 aromatic rings. The van der Waals surface area contributed by atoms with Crippen molar-refractivity contribution < 1.29 is 9.47 Å². The summed E-state index contributed by atoms with van der Waals surface area (Å²) >= 11 is 0. The van der Waals surface area contributed by atoms with Gasteiger partial charge in [-0.15, -0.1) is 0 Å². The quantitative estimate of drug-likeness (QED) is 0.661. The molecule has 1 N–H and O–H groups in total. The summed E-state index contributed by atoms with van der Waals surface area (Å²) in [6, 6.07) is 4.52. The van der Waals surface area contributed by atoms with Crippen molar-refractivity contribution in [2.24, 2.45) is 0 Å². The van der Waals surface area contributed by atoms with Crippen molar-refractivity contribution >= 4 is 0 Å². The monoisotopic (exact) mass is 266 g/mol. The summed E-state index contributed by atoms with van der Waals surface area (Å²) in [7, 11) is 1.69. The molecule has 0 aliphatic carbocycles. The van der Waals surface area contributed by atoms with E-state index in [4.69, 9.17) is 9.47 Å². The number of nitrogens with one attached hydrogen (secondary N) is 1. The lowest BCUT2D eigenvalue weighted by molar-refractivity contribution is 0.0657. The molecule has 1 unspecified atom stereocenters. The standard InChI is InChI=1S/C15H26N2O2/c1-4-8-16-15(7-9-19-11-10-18-3)14-6-5-13(2)17-12-14/h5-6,12,15-16H,4,7-11H2,1-3H3. The van der Waals surface area contributed by atoms with Crippen LogP contribution in [0.25, 0.3) is 0 Å². The third-order valence-corrected chi connectivity index (χ3v) is 2.96. The zero-order valence-electron chi connectivity index (χ0n) is 12.3. The van der Waals surface area contributed by atoms with Crippen LogP contribution >= 0.6 is 0 Å². The molecule has 0 aromatic carbocycles. The van der Waals surface area contributed by atoms with Gasteiger partial charge in [-0.3, -0.25) is 4.98 Å². The molecule has 0 saturated heterocycles. The topological polar surface area (TPSA) is 43.4 Å². The summed E-state index contributed by atoms with van der Waals surface area (Å²) in [4.78, 5) is 4.36. The fraction of sp³-hybridized carbons (Fsp3) is 0.667. The van der Waals surface area contributed by atoms with Gasteiger partial charge >= 0.3 is 0 Å². The number of hydrogen-bond donors (Lipinski definition) is 1. The second-order valence-corrected chi connectivity index (χ2v) is 4.63.